The normalized spacial score (nSPS) is 14.0. The van der Waals surface area contributed by atoms with Crippen molar-refractivity contribution in [2.75, 3.05) is 12.4 Å². The first-order chi connectivity index (χ1) is 16.0. The standard InChI is InChI=1S/C24H25N3O5S/c1-14(32-23(29)16-10-8-15(9-11-16)20-25-12-13-26-20)21(28)27-22-19(24(30)31-2)17-6-4-3-5-7-18(17)33-22/h8-14H,3-7H2,1-2H3,(H,25,26)(H,27,28). The number of carbonyl (C=O) groups excluding carboxylic acids is 3. The number of aromatic nitrogens is 2. The lowest BCUT2D eigenvalue weighted by Gasteiger charge is -2.14. The molecule has 0 bridgehead atoms. The minimum atomic E-state index is -1.05. The molecular formula is C24H25N3O5S. The monoisotopic (exact) mass is 467 g/mol. The zero-order valence-corrected chi connectivity index (χ0v) is 19.3. The summed E-state index contributed by atoms with van der Waals surface area (Å²) in [5, 5.41) is 3.23. The molecule has 2 N–H and O–H groups in total. The van der Waals surface area contributed by atoms with Crippen LogP contribution >= 0.6 is 11.3 Å². The number of carbonyl (C=O) groups is 3. The van der Waals surface area contributed by atoms with Gasteiger partial charge in [-0.3, -0.25) is 4.79 Å². The van der Waals surface area contributed by atoms with E-state index in [-0.39, 0.29) is 0 Å². The molecule has 0 fully saturated rings. The number of rotatable bonds is 6. The van der Waals surface area contributed by atoms with Gasteiger partial charge in [0.05, 0.1) is 18.2 Å². The molecule has 0 radical (unpaired) electrons. The van der Waals surface area contributed by atoms with Crippen LogP contribution in [-0.4, -0.2) is 41.0 Å². The van der Waals surface area contributed by atoms with Gasteiger partial charge in [0.25, 0.3) is 5.91 Å². The predicted octanol–water partition coefficient (Wildman–Crippen LogP) is 4.38. The summed E-state index contributed by atoms with van der Waals surface area (Å²) < 4.78 is 10.3. The third kappa shape index (κ3) is 4.98. The molecule has 172 valence electrons. The largest absolute Gasteiger partial charge is 0.465 e. The topological polar surface area (TPSA) is 110 Å². The number of thiophene rings is 1. The van der Waals surface area contributed by atoms with Gasteiger partial charge in [0, 0.05) is 22.8 Å². The smallest absolute Gasteiger partial charge is 0.341 e. The molecule has 1 aliphatic rings. The number of aryl methyl sites for hydroxylation is 1. The van der Waals surface area contributed by atoms with Crippen LogP contribution in [-0.2, 0) is 27.1 Å². The highest BCUT2D eigenvalue weighted by atomic mass is 32.1. The van der Waals surface area contributed by atoms with E-state index in [0.29, 0.717) is 22.0 Å². The predicted molar refractivity (Wildman–Crippen MR) is 124 cm³/mol. The number of hydrogen-bond donors (Lipinski definition) is 2. The molecule has 8 nitrogen and oxygen atoms in total. The second-order valence-corrected chi connectivity index (χ2v) is 8.92. The Morgan fingerprint density at radius 2 is 1.85 bits per heavy atom. The van der Waals surface area contributed by atoms with Gasteiger partial charge in [-0.15, -0.1) is 11.3 Å². The van der Waals surface area contributed by atoms with E-state index in [2.05, 4.69) is 15.3 Å². The van der Waals surface area contributed by atoms with E-state index in [1.54, 1.807) is 36.7 Å². The Hall–Kier alpha value is -3.46. The first kappa shape index (κ1) is 22.7. The summed E-state index contributed by atoms with van der Waals surface area (Å²) in [6.07, 6.45) is 7.13. The molecule has 0 saturated carbocycles. The number of hydrogen-bond acceptors (Lipinski definition) is 7. The molecule has 2 aromatic heterocycles. The zero-order chi connectivity index (χ0) is 23.4. The molecule has 4 rings (SSSR count). The fourth-order valence-corrected chi connectivity index (χ4v) is 5.11. The van der Waals surface area contributed by atoms with E-state index in [9.17, 15) is 14.4 Å². The Morgan fingerprint density at radius 1 is 1.09 bits per heavy atom. The van der Waals surface area contributed by atoms with Crippen LogP contribution in [0.5, 0.6) is 0 Å². The minimum Gasteiger partial charge on any atom is -0.465 e. The molecule has 9 heteroatoms. The van der Waals surface area contributed by atoms with E-state index in [0.717, 1.165) is 48.1 Å². The van der Waals surface area contributed by atoms with Gasteiger partial charge in [0.1, 0.15) is 10.8 Å². The van der Waals surface area contributed by atoms with Crippen LogP contribution in [0.15, 0.2) is 36.7 Å². The van der Waals surface area contributed by atoms with Crippen molar-refractivity contribution in [3.63, 3.8) is 0 Å². The van der Waals surface area contributed by atoms with E-state index < -0.39 is 23.9 Å². The van der Waals surface area contributed by atoms with Crippen LogP contribution in [0.3, 0.4) is 0 Å². The van der Waals surface area contributed by atoms with Crippen LogP contribution in [0.25, 0.3) is 11.4 Å². The molecule has 1 unspecified atom stereocenters. The fraction of sp³-hybridized carbons (Fsp3) is 0.333. The Morgan fingerprint density at radius 3 is 2.55 bits per heavy atom. The lowest BCUT2D eigenvalue weighted by Crippen LogP contribution is -2.30. The number of anilines is 1. The van der Waals surface area contributed by atoms with Gasteiger partial charge in [0.15, 0.2) is 6.10 Å². The second kappa shape index (κ2) is 9.99. The number of nitrogens with zero attached hydrogens (tertiary/aromatic N) is 1. The van der Waals surface area contributed by atoms with Crippen LogP contribution in [0.1, 0.15) is 57.3 Å². The zero-order valence-electron chi connectivity index (χ0n) is 18.5. The number of benzene rings is 1. The lowest BCUT2D eigenvalue weighted by atomic mass is 10.1. The summed E-state index contributed by atoms with van der Waals surface area (Å²) in [6.45, 7) is 1.50. The highest BCUT2D eigenvalue weighted by Crippen LogP contribution is 2.38. The Balaban J connectivity index is 1.44. The number of esters is 2. The third-order valence-electron chi connectivity index (χ3n) is 5.59. The van der Waals surface area contributed by atoms with Crippen LogP contribution in [0.4, 0.5) is 5.00 Å². The molecule has 1 atom stereocenters. The lowest BCUT2D eigenvalue weighted by molar-refractivity contribution is -0.123. The second-order valence-electron chi connectivity index (χ2n) is 7.81. The summed E-state index contributed by atoms with van der Waals surface area (Å²) in [4.78, 5) is 46.0. The number of imidazole rings is 1. The van der Waals surface area contributed by atoms with Crippen molar-refractivity contribution in [2.45, 2.75) is 45.1 Å². The SMILES string of the molecule is COC(=O)c1c(NC(=O)C(C)OC(=O)c2ccc(-c3ncc[nH]3)cc2)sc2c1CCCCC2. The van der Waals surface area contributed by atoms with E-state index in [1.165, 1.54) is 25.4 Å². The van der Waals surface area contributed by atoms with Gasteiger partial charge in [-0.25, -0.2) is 14.6 Å². The number of nitrogens with one attached hydrogen (secondary N) is 2. The van der Waals surface area contributed by atoms with E-state index in [4.69, 9.17) is 9.47 Å². The number of methoxy groups -OCH3 is 1. The summed E-state index contributed by atoms with van der Waals surface area (Å²) in [5.41, 5.74) is 2.53. The molecule has 2 heterocycles. The fourth-order valence-electron chi connectivity index (χ4n) is 3.83. The Labute approximate surface area is 195 Å². The van der Waals surface area contributed by atoms with Crippen molar-refractivity contribution >= 4 is 34.2 Å². The summed E-state index contributed by atoms with van der Waals surface area (Å²) in [5.74, 6) is -0.889. The maximum Gasteiger partial charge on any atom is 0.341 e. The maximum atomic E-state index is 12.8. The number of aromatic amines is 1. The summed E-state index contributed by atoms with van der Waals surface area (Å²) >= 11 is 1.40. The molecule has 33 heavy (non-hydrogen) atoms. The summed E-state index contributed by atoms with van der Waals surface area (Å²) in [6, 6.07) is 6.75. The number of fused-ring (bicyclic) bond motifs is 1. The molecule has 0 saturated heterocycles. The van der Waals surface area contributed by atoms with Gasteiger partial charge >= 0.3 is 11.9 Å². The highest BCUT2D eigenvalue weighted by Gasteiger charge is 2.28. The van der Waals surface area contributed by atoms with Crippen molar-refractivity contribution in [1.82, 2.24) is 9.97 Å². The van der Waals surface area contributed by atoms with Crippen LogP contribution < -0.4 is 5.32 Å². The maximum absolute atomic E-state index is 12.8. The molecule has 1 amide bonds. The quantitative estimate of drug-likeness (QED) is 0.411. The average molecular weight is 468 g/mol. The molecule has 3 aromatic rings. The molecular weight excluding hydrogens is 442 g/mol. The Bertz CT molecular complexity index is 1150. The van der Waals surface area contributed by atoms with E-state index >= 15 is 0 Å². The van der Waals surface area contributed by atoms with Crippen LogP contribution in [0.2, 0.25) is 0 Å². The van der Waals surface area contributed by atoms with Crippen molar-refractivity contribution in [2.24, 2.45) is 0 Å². The number of amides is 1. The first-order valence-electron chi connectivity index (χ1n) is 10.8. The highest BCUT2D eigenvalue weighted by molar-refractivity contribution is 7.17. The molecule has 1 aliphatic carbocycles. The van der Waals surface area contributed by atoms with Crippen molar-refractivity contribution in [1.29, 1.82) is 0 Å². The van der Waals surface area contributed by atoms with Crippen molar-refractivity contribution in [3.8, 4) is 11.4 Å². The third-order valence-corrected chi connectivity index (χ3v) is 6.80. The molecule has 1 aromatic carbocycles. The minimum absolute atomic E-state index is 0.322. The average Bonchev–Trinajstić information content (AvgIpc) is 3.41. The van der Waals surface area contributed by atoms with Gasteiger partial charge in [-0.1, -0.05) is 18.6 Å². The summed E-state index contributed by atoms with van der Waals surface area (Å²) in [7, 11) is 1.33. The first-order valence-corrected chi connectivity index (χ1v) is 11.6. The molecule has 0 spiro atoms. The van der Waals surface area contributed by atoms with Crippen molar-refractivity contribution in [3.05, 3.63) is 58.2 Å². The van der Waals surface area contributed by atoms with E-state index in [1.807, 2.05) is 0 Å². The van der Waals surface area contributed by atoms with Crippen LogP contribution in [0, 0.1) is 0 Å². The Kier molecular flexibility index (Phi) is 6.88. The van der Waals surface area contributed by atoms with Gasteiger partial charge in [0.2, 0.25) is 0 Å². The van der Waals surface area contributed by atoms with Gasteiger partial charge in [-0.05, 0) is 50.3 Å². The number of H-pyrrole nitrogens is 1. The van der Waals surface area contributed by atoms with Crippen molar-refractivity contribution < 1.29 is 23.9 Å². The van der Waals surface area contributed by atoms with Gasteiger partial charge < -0.3 is 19.8 Å². The molecule has 0 aliphatic heterocycles. The number of ether oxygens (including phenoxy) is 2. The van der Waals surface area contributed by atoms with Gasteiger partial charge in [-0.2, -0.15) is 0 Å².